The largest absolute Gasteiger partial charge is 0.348 e. The second kappa shape index (κ2) is 9.13. The molecule has 1 aromatic heterocycles. The van der Waals surface area contributed by atoms with Crippen molar-refractivity contribution >= 4 is 11.6 Å². The first-order valence-corrected chi connectivity index (χ1v) is 10.0. The van der Waals surface area contributed by atoms with Crippen molar-refractivity contribution in [2.24, 2.45) is 11.8 Å². The lowest BCUT2D eigenvalue weighted by Gasteiger charge is -2.35. The zero-order chi connectivity index (χ0) is 21.0. The molecule has 1 aliphatic heterocycles. The van der Waals surface area contributed by atoms with Gasteiger partial charge in [0.2, 0.25) is 0 Å². The van der Waals surface area contributed by atoms with Crippen LogP contribution in [0.15, 0.2) is 36.5 Å². The molecule has 0 spiro atoms. The highest BCUT2D eigenvalue weighted by Crippen LogP contribution is 2.22. The van der Waals surface area contributed by atoms with Gasteiger partial charge < -0.3 is 5.32 Å². The molecular formula is C22H28N4O3. The smallest absolute Gasteiger partial charge is 0.288 e. The Kier molecular flexibility index (Phi) is 6.59. The molecule has 7 heteroatoms. The number of carbonyl (C=O) groups is 1. The SMILES string of the molecule is Cc1ncc([N+](=O)[O-])cc1C(=O)NCc1ccc(CN2C[C@H](C)C[C@H](C)C2)cc1. The number of nitro groups is 1. The Labute approximate surface area is 171 Å². The molecule has 1 aromatic carbocycles. The predicted octanol–water partition coefficient (Wildman–Crippen LogP) is 3.71. The fraction of sp³-hybridized carbons (Fsp3) is 0.455. The first kappa shape index (κ1) is 20.9. The minimum atomic E-state index is -0.550. The van der Waals surface area contributed by atoms with Gasteiger partial charge in [-0.25, -0.2) is 0 Å². The van der Waals surface area contributed by atoms with Crippen LogP contribution in [0.4, 0.5) is 5.69 Å². The van der Waals surface area contributed by atoms with Gasteiger partial charge in [-0.15, -0.1) is 0 Å². The number of aryl methyl sites for hydroxylation is 1. The average Bonchev–Trinajstić information content (AvgIpc) is 2.66. The Morgan fingerprint density at radius 1 is 1.21 bits per heavy atom. The van der Waals surface area contributed by atoms with Crippen molar-refractivity contribution in [3.05, 3.63) is 69.0 Å². The van der Waals surface area contributed by atoms with Crippen LogP contribution in [-0.4, -0.2) is 33.8 Å². The number of hydrogen-bond donors (Lipinski definition) is 1. The minimum Gasteiger partial charge on any atom is -0.348 e. The fourth-order valence-electron chi connectivity index (χ4n) is 4.07. The molecule has 1 fully saturated rings. The van der Waals surface area contributed by atoms with Crippen molar-refractivity contribution in [1.82, 2.24) is 15.2 Å². The summed E-state index contributed by atoms with van der Waals surface area (Å²) in [6, 6.07) is 9.51. The average molecular weight is 396 g/mol. The summed E-state index contributed by atoms with van der Waals surface area (Å²) in [6.07, 6.45) is 2.46. The van der Waals surface area contributed by atoms with Gasteiger partial charge in [0, 0.05) is 32.2 Å². The van der Waals surface area contributed by atoms with Crippen molar-refractivity contribution in [1.29, 1.82) is 0 Å². The Hall–Kier alpha value is -2.80. The zero-order valence-electron chi connectivity index (χ0n) is 17.2. The van der Waals surface area contributed by atoms with Gasteiger partial charge in [0.25, 0.3) is 11.6 Å². The van der Waals surface area contributed by atoms with Crippen LogP contribution in [0.2, 0.25) is 0 Å². The normalized spacial score (nSPS) is 19.7. The lowest BCUT2D eigenvalue weighted by Crippen LogP contribution is -2.38. The lowest BCUT2D eigenvalue weighted by molar-refractivity contribution is -0.385. The van der Waals surface area contributed by atoms with Gasteiger partial charge in [0.15, 0.2) is 0 Å². The van der Waals surface area contributed by atoms with Gasteiger partial charge in [-0.2, -0.15) is 0 Å². The molecule has 1 aliphatic rings. The Balaban J connectivity index is 1.57. The number of likely N-dealkylation sites (tertiary alicyclic amines) is 1. The third-order valence-electron chi connectivity index (χ3n) is 5.35. The van der Waals surface area contributed by atoms with Crippen LogP contribution in [-0.2, 0) is 13.1 Å². The molecule has 1 amide bonds. The number of hydrogen-bond acceptors (Lipinski definition) is 5. The number of amides is 1. The molecule has 29 heavy (non-hydrogen) atoms. The first-order chi connectivity index (χ1) is 13.8. The highest BCUT2D eigenvalue weighted by atomic mass is 16.6. The van der Waals surface area contributed by atoms with E-state index in [1.165, 1.54) is 18.1 Å². The van der Waals surface area contributed by atoms with Crippen LogP contribution < -0.4 is 5.32 Å². The van der Waals surface area contributed by atoms with Gasteiger partial charge in [0.05, 0.1) is 16.2 Å². The maximum atomic E-state index is 12.4. The molecular weight excluding hydrogens is 368 g/mol. The van der Waals surface area contributed by atoms with Crippen molar-refractivity contribution < 1.29 is 9.72 Å². The third-order valence-corrected chi connectivity index (χ3v) is 5.35. The molecule has 2 atom stereocenters. The molecule has 1 N–H and O–H groups in total. The number of nitrogens with one attached hydrogen (secondary N) is 1. The summed E-state index contributed by atoms with van der Waals surface area (Å²) in [5, 5.41) is 13.7. The third kappa shape index (κ3) is 5.60. The Bertz CT molecular complexity index is 872. The molecule has 2 heterocycles. The molecule has 2 aromatic rings. The summed E-state index contributed by atoms with van der Waals surface area (Å²) in [6.45, 7) is 9.87. The van der Waals surface area contributed by atoms with Crippen molar-refractivity contribution in [2.45, 2.75) is 40.3 Å². The summed E-state index contributed by atoms with van der Waals surface area (Å²) >= 11 is 0. The maximum Gasteiger partial charge on any atom is 0.288 e. The number of benzene rings is 1. The van der Waals surface area contributed by atoms with E-state index in [2.05, 4.69) is 41.2 Å². The van der Waals surface area contributed by atoms with Gasteiger partial charge in [-0.05, 0) is 36.3 Å². The molecule has 0 saturated carbocycles. The molecule has 154 valence electrons. The van der Waals surface area contributed by atoms with E-state index in [0.29, 0.717) is 12.2 Å². The van der Waals surface area contributed by atoms with E-state index in [0.717, 1.165) is 43.2 Å². The quantitative estimate of drug-likeness (QED) is 0.594. The minimum absolute atomic E-state index is 0.188. The molecule has 0 aliphatic carbocycles. The zero-order valence-corrected chi connectivity index (χ0v) is 17.2. The van der Waals surface area contributed by atoms with Crippen LogP contribution >= 0.6 is 0 Å². The van der Waals surface area contributed by atoms with Crippen LogP contribution in [0.5, 0.6) is 0 Å². The van der Waals surface area contributed by atoms with E-state index < -0.39 is 4.92 Å². The molecule has 0 radical (unpaired) electrons. The van der Waals surface area contributed by atoms with Crippen molar-refractivity contribution in [3.63, 3.8) is 0 Å². The number of nitrogens with zero attached hydrogens (tertiary/aromatic N) is 3. The number of rotatable bonds is 6. The number of pyridine rings is 1. The van der Waals surface area contributed by atoms with Crippen LogP contribution in [0.25, 0.3) is 0 Å². The molecule has 1 saturated heterocycles. The van der Waals surface area contributed by atoms with E-state index in [9.17, 15) is 14.9 Å². The highest BCUT2D eigenvalue weighted by Gasteiger charge is 2.21. The first-order valence-electron chi connectivity index (χ1n) is 10.0. The van der Waals surface area contributed by atoms with E-state index >= 15 is 0 Å². The second-order valence-electron chi connectivity index (χ2n) is 8.22. The van der Waals surface area contributed by atoms with Crippen molar-refractivity contribution in [2.75, 3.05) is 13.1 Å². The van der Waals surface area contributed by atoms with Crippen LogP contribution in [0.1, 0.15) is 47.4 Å². The summed E-state index contributed by atoms with van der Waals surface area (Å²) in [7, 11) is 0. The van der Waals surface area contributed by atoms with Crippen LogP contribution in [0, 0.1) is 28.9 Å². The van der Waals surface area contributed by atoms with Crippen molar-refractivity contribution in [3.8, 4) is 0 Å². The monoisotopic (exact) mass is 396 g/mol. The maximum absolute atomic E-state index is 12.4. The number of piperidine rings is 1. The summed E-state index contributed by atoms with van der Waals surface area (Å²) < 4.78 is 0. The van der Waals surface area contributed by atoms with E-state index in [-0.39, 0.29) is 17.2 Å². The highest BCUT2D eigenvalue weighted by molar-refractivity contribution is 5.95. The molecule has 7 nitrogen and oxygen atoms in total. The molecule has 0 unspecified atom stereocenters. The Morgan fingerprint density at radius 3 is 2.45 bits per heavy atom. The second-order valence-corrected chi connectivity index (χ2v) is 8.22. The number of carbonyl (C=O) groups excluding carboxylic acids is 1. The topological polar surface area (TPSA) is 88.4 Å². The van der Waals surface area contributed by atoms with Gasteiger partial charge in [-0.1, -0.05) is 38.1 Å². The van der Waals surface area contributed by atoms with Gasteiger partial charge >= 0.3 is 0 Å². The molecule has 3 rings (SSSR count). The predicted molar refractivity (Wildman–Crippen MR) is 111 cm³/mol. The Morgan fingerprint density at radius 2 is 1.83 bits per heavy atom. The lowest BCUT2D eigenvalue weighted by atomic mass is 9.91. The summed E-state index contributed by atoms with van der Waals surface area (Å²) in [4.78, 5) is 29.2. The standard InChI is InChI=1S/C22H28N4O3/c1-15-8-16(2)13-25(12-15)14-19-6-4-18(5-7-19)10-24-22(27)21-9-20(26(28)29)11-23-17(21)3/h4-7,9,11,15-16H,8,10,12-14H2,1-3H3,(H,24,27)/t15-,16+. The number of aromatic nitrogens is 1. The van der Waals surface area contributed by atoms with Gasteiger partial charge in [-0.3, -0.25) is 24.8 Å². The molecule has 0 bridgehead atoms. The van der Waals surface area contributed by atoms with E-state index in [1.807, 2.05) is 12.1 Å². The summed E-state index contributed by atoms with van der Waals surface area (Å²) in [5.41, 5.74) is 2.75. The van der Waals surface area contributed by atoms with E-state index in [4.69, 9.17) is 0 Å². The fourth-order valence-corrected chi connectivity index (χ4v) is 4.07. The van der Waals surface area contributed by atoms with Crippen LogP contribution in [0.3, 0.4) is 0 Å². The van der Waals surface area contributed by atoms with Gasteiger partial charge in [0.1, 0.15) is 6.20 Å². The van der Waals surface area contributed by atoms with E-state index in [1.54, 1.807) is 6.92 Å². The summed E-state index contributed by atoms with van der Waals surface area (Å²) in [5.74, 6) is 1.11.